The smallest absolute Gasteiger partial charge is 0.338 e. The van der Waals surface area contributed by atoms with Crippen LogP contribution in [-0.2, 0) is 9.53 Å². The summed E-state index contributed by atoms with van der Waals surface area (Å²) in [5, 5.41) is 4.49. The maximum absolute atomic E-state index is 12.0. The summed E-state index contributed by atoms with van der Waals surface area (Å²) in [6.45, 7) is 5.57. The van der Waals surface area contributed by atoms with Crippen molar-refractivity contribution in [1.82, 2.24) is 0 Å². The van der Waals surface area contributed by atoms with Crippen molar-refractivity contribution in [3.8, 4) is 0 Å². The van der Waals surface area contributed by atoms with E-state index >= 15 is 0 Å². The number of fused-ring (bicyclic) bond motifs is 1. The van der Waals surface area contributed by atoms with Gasteiger partial charge in [-0.3, -0.25) is 4.79 Å². The third-order valence-electron chi connectivity index (χ3n) is 3.31. The molecule has 0 radical (unpaired) electrons. The molecule has 1 N–H and O–H groups in total. The van der Waals surface area contributed by atoms with E-state index in [1.807, 2.05) is 39.0 Å². The van der Waals surface area contributed by atoms with Gasteiger partial charge in [0.25, 0.3) is 0 Å². The highest BCUT2D eigenvalue weighted by atomic mass is 16.5. The molecule has 4 heteroatoms. The van der Waals surface area contributed by atoms with Crippen LogP contribution in [0.2, 0.25) is 0 Å². The molecular weight excluding hydrogens is 266 g/mol. The summed E-state index contributed by atoms with van der Waals surface area (Å²) in [4.78, 5) is 24.0. The Kier molecular flexibility index (Phi) is 4.26. The normalized spacial score (nSPS) is 10.7. The number of carbonyl (C=O) groups is 2. The summed E-state index contributed by atoms with van der Waals surface area (Å²) in [5.74, 6) is -0.624. The minimum Gasteiger partial charge on any atom is -0.465 e. The topological polar surface area (TPSA) is 55.4 Å². The number of methoxy groups -OCH3 is 1. The first kappa shape index (κ1) is 15.0. The molecule has 0 saturated heterocycles. The Morgan fingerprint density at radius 3 is 2.52 bits per heavy atom. The molecule has 0 saturated carbocycles. The monoisotopic (exact) mass is 285 g/mol. The number of rotatable bonds is 3. The van der Waals surface area contributed by atoms with Crippen LogP contribution in [0.15, 0.2) is 30.3 Å². The van der Waals surface area contributed by atoms with Crippen LogP contribution in [0.1, 0.15) is 29.8 Å². The fourth-order valence-corrected chi connectivity index (χ4v) is 2.23. The summed E-state index contributed by atoms with van der Waals surface area (Å²) in [6, 6.07) is 9.33. The van der Waals surface area contributed by atoms with Crippen molar-refractivity contribution < 1.29 is 14.3 Å². The Hall–Kier alpha value is -2.36. The zero-order valence-electron chi connectivity index (χ0n) is 12.7. The minimum absolute atomic E-state index is 0.0844. The van der Waals surface area contributed by atoms with Gasteiger partial charge in [-0.05, 0) is 30.0 Å². The SMILES string of the molecule is COC(=O)c1cc(C)cc2cccc(NC(=O)C(C)C)c12. The van der Waals surface area contributed by atoms with Crippen LogP contribution in [-0.4, -0.2) is 19.0 Å². The van der Waals surface area contributed by atoms with Gasteiger partial charge in [0.05, 0.1) is 12.7 Å². The van der Waals surface area contributed by atoms with Crippen LogP contribution in [0.5, 0.6) is 0 Å². The lowest BCUT2D eigenvalue weighted by Crippen LogP contribution is -2.18. The second kappa shape index (κ2) is 5.95. The zero-order chi connectivity index (χ0) is 15.6. The van der Waals surface area contributed by atoms with Crippen LogP contribution in [0.3, 0.4) is 0 Å². The predicted octanol–water partition coefficient (Wildman–Crippen LogP) is 3.53. The number of benzene rings is 2. The lowest BCUT2D eigenvalue weighted by Gasteiger charge is -2.14. The Labute approximate surface area is 124 Å². The van der Waals surface area contributed by atoms with E-state index in [2.05, 4.69) is 5.32 Å². The van der Waals surface area contributed by atoms with Crippen molar-refractivity contribution in [1.29, 1.82) is 0 Å². The van der Waals surface area contributed by atoms with Crippen LogP contribution in [0.25, 0.3) is 10.8 Å². The van der Waals surface area contributed by atoms with E-state index in [0.29, 0.717) is 16.6 Å². The number of ether oxygens (including phenoxy) is 1. The first-order valence-corrected chi connectivity index (χ1v) is 6.86. The molecule has 4 nitrogen and oxygen atoms in total. The molecule has 0 atom stereocenters. The first-order valence-electron chi connectivity index (χ1n) is 6.86. The number of hydrogen-bond donors (Lipinski definition) is 1. The molecule has 21 heavy (non-hydrogen) atoms. The average molecular weight is 285 g/mol. The van der Waals surface area contributed by atoms with Gasteiger partial charge in [-0.1, -0.05) is 32.0 Å². The van der Waals surface area contributed by atoms with E-state index in [9.17, 15) is 9.59 Å². The summed E-state index contributed by atoms with van der Waals surface area (Å²) in [7, 11) is 1.35. The lowest BCUT2D eigenvalue weighted by molar-refractivity contribution is -0.118. The second-order valence-corrected chi connectivity index (χ2v) is 5.35. The van der Waals surface area contributed by atoms with E-state index in [1.54, 1.807) is 12.1 Å². The van der Waals surface area contributed by atoms with E-state index in [1.165, 1.54) is 7.11 Å². The molecule has 0 bridgehead atoms. The van der Waals surface area contributed by atoms with Gasteiger partial charge < -0.3 is 10.1 Å². The van der Waals surface area contributed by atoms with Crippen molar-refractivity contribution in [2.24, 2.45) is 5.92 Å². The standard InChI is InChI=1S/C17H19NO3/c1-10(2)16(19)18-14-7-5-6-12-8-11(3)9-13(15(12)14)17(20)21-4/h5-10H,1-4H3,(H,18,19). The number of hydrogen-bond acceptors (Lipinski definition) is 3. The summed E-state index contributed by atoms with van der Waals surface area (Å²) >= 11 is 0. The largest absolute Gasteiger partial charge is 0.465 e. The molecule has 2 aromatic rings. The maximum Gasteiger partial charge on any atom is 0.338 e. The molecule has 110 valence electrons. The minimum atomic E-state index is -0.407. The van der Waals surface area contributed by atoms with Crippen molar-refractivity contribution >= 4 is 28.3 Å². The molecule has 0 fully saturated rings. The van der Waals surface area contributed by atoms with Crippen LogP contribution >= 0.6 is 0 Å². The van der Waals surface area contributed by atoms with Gasteiger partial charge in [0.15, 0.2) is 0 Å². The van der Waals surface area contributed by atoms with Gasteiger partial charge in [-0.25, -0.2) is 4.79 Å². The van der Waals surface area contributed by atoms with Crippen LogP contribution in [0, 0.1) is 12.8 Å². The Morgan fingerprint density at radius 1 is 1.19 bits per heavy atom. The Morgan fingerprint density at radius 2 is 1.90 bits per heavy atom. The van der Waals surface area contributed by atoms with Gasteiger partial charge >= 0.3 is 5.97 Å². The van der Waals surface area contributed by atoms with Crippen LogP contribution < -0.4 is 5.32 Å². The Balaban J connectivity index is 2.66. The first-order chi connectivity index (χ1) is 9.93. The molecule has 1 amide bonds. The van der Waals surface area contributed by atoms with Crippen molar-refractivity contribution in [2.45, 2.75) is 20.8 Å². The molecule has 0 aromatic heterocycles. The molecule has 0 aliphatic rings. The highest BCUT2D eigenvalue weighted by Crippen LogP contribution is 2.29. The Bertz CT molecular complexity index is 704. The molecule has 0 heterocycles. The van der Waals surface area contributed by atoms with Gasteiger partial charge in [-0.15, -0.1) is 0 Å². The molecule has 0 unspecified atom stereocenters. The van der Waals surface area contributed by atoms with Crippen molar-refractivity contribution in [2.75, 3.05) is 12.4 Å². The van der Waals surface area contributed by atoms with Crippen LogP contribution in [0.4, 0.5) is 5.69 Å². The van der Waals surface area contributed by atoms with E-state index in [0.717, 1.165) is 10.9 Å². The van der Waals surface area contributed by atoms with E-state index in [-0.39, 0.29) is 11.8 Å². The lowest BCUT2D eigenvalue weighted by atomic mass is 9.99. The number of anilines is 1. The second-order valence-electron chi connectivity index (χ2n) is 5.35. The zero-order valence-corrected chi connectivity index (χ0v) is 12.7. The number of nitrogens with one attached hydrogen (secondary N) is 1. The van der Waals surface area contributed by atoms with E-state index < -0.39 is 5.97 Å². The van der Waals surface area contributed by atoms with Gasteiger partial charge in [-0.2, -0.15) is 0 Å². The number of amides is 1. The van der Waals surface area contributed by atoms with Crippen molar-refractivity contribution in [3.05, 3.63) is 41.5 Å². The molecule has 0 aliphatic heterocycles. The van der Waals surface area contributed by atoms with E-state index in [4.69, 9.17) is 4.74 Å². The number of esters is 1. The average Bonchev–Trinajstić information content (AvgIpc) is 2.45. The molecule has 0 aliphatic carbocycles. The summed E-state index contributed by atoms with van der Waals surface area (Å²) < 4.78 is 4.86. The third kappa shape index (κ3) is 3.05. The number of aryl methyl sites for hydroxylation is 1. The predicted molar refractivity (Wildman–Crippen MR) is 83.5 cm³/mol. The quantitative estimate of drug-likeness (QED) is 0.878. The number of carbonyl (C=O) groups excluding carboxylic acids is 2. The molecule has 2 aromatic carbocycles. The molecule has 0 spiro atoms. The summed E-state index contributed by atoms with van der Waals surface area (Å²) in [5.41, 5.74) is 2.06. The maximum atomic E-state index is 12.0. The highest BCUT2D eigenvalue weighted by molar-refractivity contribution is 6.12. The fourth-order valence-electron chi connectivity index (χ4n) is 2.23. The molecular formula is C17H19NO3. The fraction of sp³-hybridized carbons (Fsp3) is 0.294. The van der Waals surface area contributed by atoms with Crippen molar-refractivity contribution in [3.63, 3.8) is 0 Å². The highest BCUT2D eigenvalue weighted by Gasteiger charge is 2.16. The van der Waals surface area contributed by atoms with Gasteiger partial charge in [0.2, 0.25) is 5.91 Å². The van der Waals surface area contributed by atoms with Gasteiger partial charge in [0, 0.05) is 17.0 Å². The van der Waals surface area contributed by atoms with Gasteiger partial charge in [0.1, 0.15) is 0 Å². The third-order valence-corrected chi connectivity index (χ3v) is 3.31. The summed E-state index contributed by atoms with van der Waals surface area (Å²) in [6.07, 6.45) is 0. The molecule has 2 rings (SSSR count).